The van der Waals surface area contributed by atoms with E-state index >= 15 is 0 Å². The van der Waals surface area contributed by atoms with Gasteiger partial charge in [0, 0.05) is 38.9 Å². The zero-order valence-corrected chi connectivity index (χ0v) is 12.0. The molecule has 0 unspecified atom stereocenters. The molecule has 4 nitrogen and oxygen atoms in total. The standard InChI is InChI=1S/C11H23N4S/c1-8-9-16-11(15(6)7)12-10(13(2)3)14(4)5/h8H,1,9H2,2-7H3/q+1. The average molecular weight is 243 g/mol. The van der Waals surface area contributed by atoms with Gasteiger partial charge in [-0.1, -0.05) is 6.08 Å². The minimum atomic E-state index is 0.866. The molecule has 92 valence electrons. The third kappa shape index (κ3) is 5.21. The third-order valence-corrected chi connectivity index (χ3v) is 2.83. The monoisotopic (exact) mass is 243 g/mol. The molecule has 0 saturated carbocycles. The van der Waals surface area contributed by atoms with Crippen molar-refractivity contribution in [3.63, 3.8) is 0 Å². The molecule has 0 amide bonds. The van der Waals surface area contributed by atoms with Crippen LogP contribution in [-0.4, -0.2) is 73.5 Å². The molecule has 0 fully saturated rings. The maximum absolute atomic E-state index is 4.64. The van der Waals surface area contributed by atoms with Crippen molar-refractivity contribution >= 4 is 22.9 Å². The van der Waals surface area contributed by atoms with Gasteiger partial charge in [0.1, 0.15) is 0 Å². The highest BCUT2D eigenvalue weighted by atomic mass is 32.2. The third-order valence-electron chi connectivity index (χ3n) is 1.71. The number of nitrogens with zero attached hydrogens (tertiary/aromatic N) is 4. The van der Waals surface area contributed by atoms with Crippen LogP contribution in [0.4, 0.5) is 0 Å². The maximum atomic E-state index is 4.64. The predicted octanol–water partition coefficient (Wildman–Crippen LogP) is 1.01. The highest BCUT2D eigenvalue weighted by Gasteiger charge is 2.16. The van der Waals surface area contributed by atoms with Crippen molar-refractivity contribution in [2.75, 3.05) is 48.0 Å². The van der Waals surface area contributed by atoms with Crippen LogP contribution in [0.15, 0.2) is 17.6 Å². The van der Waals surface area contributed by atoms with Gasteiger partial charge in [0.2, 0.25) is 0 Å². The number of hydrogen-bond acceptors (Lipinski definition) is 1. The molecule has 0 aliphatic heterocycles. The second-order valence-electron chi connectivity index (χ2n) is 3.98. The van der Waals surface area contributed by atoms with Gasteiger partial charge in [-0.25, -0.2) is 0 Å². The molecule has 0 aromatic rings. The lowest BCUT2D eigenvalue weighted by molar-refractivity contribution is -0.462. The van der Waals surface area contributed by atoms with Gasteiger partial charge >= 0.3 is 11.1 Å². The van der Waals surface area contributed by atoms with Crippen LogP contribution in [0, 0.1) is 0 Å². The van der Waals surface area contributed by atoms with Crippen LogP contribution in [0.2, 0.25) is 0 Å². The van der Waals surface area contributed by atoms with Crippen LogP contribution >= 0.6 is 11.8 Å². The van der Waals surface area contributed by atoms with Crippen molar-refractivity contribution in [1.82, 2.24) is 9.80 Å². The number of rotatable bonds is 2. The number of amidine groups is 1. The summed E-state index contributed by atoms with van der Waals surface area (Å²) >= 11 is 1.68. The number of aliphatic imine (C=N–C) groups is 1. The van der Waals surface area contributed by atoms with E-state index in [1.54, 1.807) is 11.8 Å². The fourth-order valence-corrected chi connectivity index (χ4v) is 1.75. The van der Waals surface area contributed by atoms with E-state index in [2.05, 4.69) is 11.6 Å². The Kier molecular flexibility index (Phi) is 6.88. The summed E-state index contributed by atoms with van der Waals surface area (Å²) in [6.45, 7) is 3.72. The van der Waals surface area contributed by atoms with E-state index in [-0.39, 0.29) is 0 Å². The molecule has 0 aromatic carbocycles. The van der Waals surface area contributed by atoms with Gasteiger partial charge in [-0.3, -0.25) is 4.58 Å². The molecule has 16 heavy (non-hydrogen) atoms. The van der Waals surface area contributed by atoms with Crippen molar-refractivity contribution in [2.24, 2.45) is 4.99 Å². The van der Waals surface area contributed by atoms with E-state index in [4.69, 9.17) is 0 Å². The van der Waals surface area contributed by atoms with Gasteiger partial charge in [0.05, 0.1) is 14.1 Å². The van der Waals surface area contributed by atoms with E-state index in [1.165, 1.54) is 0 Å². The molecule has 0 saturated heterocycles. The van der Waals surface area contributed by atoms with Crippen LogP contribution in [0.5, 0.6) is 0 Å². The zero-order chi connectivity index (χ0) is 12.7. The Morgan fingerprint density at radius 1 is 1.25 bits per heavy atom. The summed E-state index contributed by atoms with van der Waals surface area (Å²) in [4.78, 5) is 8.63. The first-order valence-corrected chi connectivity index (χ1v) is 6.10. The summed E-state index contributed by atoms with van der Waals surface area (Å²) in [6, 6.07) is 0. The second kappa shape index (κ2) is 7.33. The average Bonchev–Trinajstić information content (AvgIpc) is 2.16. The molecule has 0 atom stereocenters. The maximum Gasteiger partial charge on any atom is 0.358 e. The molecule has 5 heteroatoms. The van der Waals surface area contributed by atoms with E-state index in [1.807, 2.05) is 62.7 Å². The first-order chi connectivity index (χ1) is 7.40. The molecule has 0 N–H and O–H groups in total. The van der Waals surface area contributed by atoms with Gasteiger partial charge in [-0.2, -0.15) is 0 Å². The van der Waals surface area contributed by atoms with E-state index in [0.717, 1.165) is 16.9 Å². The molecule has 0 aliphatic carbocycles. The van der Waals surface area contributed by atoms with Gasteiger partial charge in [-0.05, 0) is 11.8 Å². The normalized spacial score (nSPS) is 9.38. The van der Waals surface area contributed by atoms with Crippen molar-refractivity contribution in [2.45, 2.75) is 0 Å². The van der Waals surface area contributed by atoms with Crippen LogP contribution in [0.1, 0.15) is 0 Å². The summed E-state index contributed by atoms with van der Waals surface area (Å²) in [5.74, 6) is 1.80. The first-order valence-electron chi connectivity index (χ1n) is 5.11. The predicted molar refractivity (Wildman–Crippen MR) is 74.6 cm³/mol. The van der Waals surface area contributed by atoms with Crippen molar-refractivity contribution in [3.8, 4) is 0 Å². The summed E-state index contributed by atoms with van der Waals surface area (Å²) in [7, 11) is 12.0. The Morgan fingerprint density at radius 2 is 1.75 bits per heavy atom. The second-order valence-corrected chi connectivity index (χ2v) is 4.96. The molecule has 0 rings (SSSR count). The number of thioether (sulfide) groups is 1. The largest absolute Gasteiger partial charge is 0.358 e. The Labute approximate surface area is 103 Å². The Balaban J connectivity index is 5.01. The molecule has 0 aliphatic rings. The molecule has 0 radical (unpaired) electrons. The quantitative estimate of drug-likeness (QED) is 0.313. The molecular formula is C11H23N4S+. The Bertz CT molecular complexity index is 278. The zero-order valence-electron chi connectivity index (χ0n) is 11.2. The lowest BCUT2D eigenvalue weighted by Crippen LogP contribution is -2.36. The SMILES string of the molecule is C=CCSC(N=C(N(C)C)N(C)C)=[N+](C)C. The minimum Gasteiger partial charge on any atom is -0.327 e. The van der Waals surface area contributed by atoms with Gasteiger partial charge in [-0.15, -0.1) is 6.58 Å². The first kappa shape index (κ1) is 15.0. The van der Waals surface area contributed by atoms with Gasteiger partial charge in [0.25, 0.3) is 0 Å². The highest BCUT2D eigenvalue weighted by Crippen LogP contribution is 2.06. The van der Waals surface area contributed by atoms with Gasteiger partial charge in [0.15, 0.2) is 0 Å². The minimum absolute atomic E-state index is 0.866. The fraction of sp³-hybridized carbons (Fsp3) is 0.636. The molecule has 0 aromatic heterocycles. The Morgan fingerprint density at radius 3 is 2.06 bits per heavy atom. The van der Waals surface area contributed by atoms with Crippen molar-refractivity contribution in [1.29, 1.82) is 0 Å². The fourth-order valence-electron chi connectivity index (χ4n) is 1.08. The van der Waals surface area contributed by atoms with Crippen molar-refractivity contribution in [3.05, 3.63) is 12.7 Å². The molecular weight excluding hydrogens is 220 g/mol. The van der Waals surface area contributed by atoms with E-state index < -0.39 is 0 Å². The smallest absolute Gasteiger partial charge is 0.327 e. The van der Waals surface area contributed by atoms with Crippen LogP contribution in [0.25, 0.3) is 0 Å². The summed E-state index contributed by atoms with van der Waals surface area (Å²) in [5.41, 5.74) is 0. The molecule has 0 spiro atoms. The Hall–Kier alpha value is -0.970. The van der Waals surface area contributed by atoms with E-state index in [0.29, 0.717) is 0 Å². The topological polar surface area (TPSA) is 21.9 Å². The summed E-state index contributed by atoms with van der Waals surface area (Å²) < 4.78 is 2.02. The molecule has 0 heterocycles. The van der Waals surface area contributed by atoms with E-state index in [9.17, 15) is 0 Å². The van der Waals surface area contributed by atoms with Crippen LogP contribution in [-0.2, 0) is 0 Å². The van der Waals surface area contributed by atoms with Crippen LogP contribution < -0.4 is 0 Å². The van der Waals surface area contributed by atoms with Crippen LogP contribution in [0.3, 0.4) is 0 Å². The summed E-state index contributed by atoms with van der Waals surface area (Å²) in [5, 5.41) is 0.984. The lowest BCUT2D eigenvalue weighted by atomic mass is 10.7. The lowest BCUT2D eigenvalue weighted by Gasteiger charge is -2.17. The van der Waals surface area contributed by atoms with Crippen molar-refractivity contribution < 1.29 is 4.58 Å². The number of hydrogen-bond donors (Lipinski definition) is 0. The van der Waals surface area contributed by atoms with Gasteiger partial charge < -0.3 is 9.80 Å². The highest BCUT2D eigenvalue weighted by molar-refractivity contribution is 8.13. The number of guanidine groups is 1. The summed E-state index contributed by atoms with van der Waals surface area (Å²) in [6.07, 6.45) is 1.88. The molecule has 0 bridgehead atoms.